The van der Waals surface area contributed by atoms with Gasteiger partial charge in [0.15, 0.2) is 5.75 Å². The second-order valence-corrected chi connectivity index (χ2v) is 4.62. The highest BCUT2D eigenvalue weighted by molar-refractivity contribution is 5.87. The number of nitrogens with zero attached hydrogens (tertiary/aromatic N) is 3. The van der Waals surface area contributed by atoms with E-state index in [1.165, 1.54) is 0 Å². The Morgan fingerprint density at radius 3 is 2.90 bits per heavy atom. The van der Waals surface area contributed by atoms with Crippen molar-refractivity contribution in [2.75, 3.05) is 7.05 Å². The fourth-order valence-corrected chi connectivity index (χ4v) is 2.13. The first-order valence-electron chi connectivity index (χ1n) is 6.46. The molecule has 0 saturated carbocycles. The number of hydrogen-bond donors (Lipinski definition) is 1. The number of fused-ring (bicyclic) bond motifs is 1. The maximum atomic E-state index is 5.88. The molecule has 5 heteroatoms. The van der Waals surface area contributed by atoms with Crippen molar-refractivity contribution >= 4 is 10.8 Å². The van der Waals surface area contributed by atoms with Crippen molar-refractivity contribution in [3.63, 3.8) is 0 Å². The van der Waals surface area contributed by atoms with E-state index < -0.39 is 0 Å². The first-order chi connectivity index (χ1) is 9.76. The Kier molecular flexibility index (Phi) is 3.35. The number of ether oxygens (including phenoxy) is 1. The monoisotopic (exact) mass is 268 g/mol. The van der Waals surface area contributed by atoms with Gasteiger partial charge in [-0.2, -0.15) is 5.10 Å². The highest BCUT2D eigenvalue weighted by Crippen LogP contribution is 2.28. The van der Waals surface area contributed by atoms with Gasteiger partial charge in [0.1, 0.15) is 0 Å². The second-order valence-electron chi connectivity index (χ2n) is 4.62. The summed E-state index contributed by atoms with van der Waals surface area (Å²) in [6.45, 7) is 0.703. The minimum absolute atomic E-state index is 0.612. The van der Waals surface area contributed by atoms with Crippen LogP contribution in [0.2, 0.25) is 0 Å². The van der Waals surface area contributed by atoms with Crippen LogP contribution in [0, 0.1) is 0 Å². The van der Waals surface area contributed by atoms with Crippen LogP contribution in [0.1, 0.15) is 5.69 Å². The number of rotatable bonds is 4. The van der Waals surface area contributed by atoms with Gasteiger partial charge in [-0.1, -0.05) is 18.2 Å². The number of nitrogens with one attached hydrogen (secondary N) is 1. The average molecular weight is 268 g/mol. The molecule has 1 aromatic carbocycles. The van der Waals surface area contributed by atoms with E-state index in [0.29, 0.717) is 18.2 Å². The van der Waals surface area contributed by atoms with Crippen LogP contribution in [0.15, 0.2) is 42.7 Å². The van der Waals surface area contributed by atoms with E-state index in [9.17, 15) is 0 Å². The quantitative estimate of drug-likeness (QED) is 0.789. The van der Waals surface area contributed by atoms with Gasteiger partial charge >= 0.3 is 0 Å². The molecule has 0 unspecified atom stereocenters. The molecule has 2 heterocycles. The Bertz CT molecular complexity index is 736. The number of aryl methyl sites for hydroxylation is 1. The third-order valence-corrected chi connectivity index (χ3v) is 3.01. The minimum Gasteiger partial charge on any atom is -0.435 e. The summed E-state index contributed by atoms with van der Waals surface area (Å²) in [4.78, 5) is 4.57. The molecule has 3 rings (SSSR count). The fourth-order valence-electron chi connectivity index (χ4n) is 2.13. The Hall–Kier alpha value is -2.40. The van der Waals surface area contributed by atoms with Crippen LogP contribution in [-0.4, -0.2) is 21.8 Å². The Balaban J connectivity index is 2.06. The maximum Gasteiger partial charge on any atom is 0.227 e. The highest BCUT2D eigenvalue weighted by atomic mass is 16.5. The van der Waals surface area contributed by atoms with E-state index in [0.717, 1.165) is 16.5 Å². The molecule has 0 saturated heterocycles. The molecule has 2 aromatic heterocycles. The van der Waals surface area contributed by atoms with Gasteiger partial charge in [0.05, 0.1) is 18.1 Å². The lowest BCUT2D eigenvalue weighted by Gasteiger charge is -2.09. The van der Waals surface area contributed by atoms with Crippen LogP contribution in [-0.2, 0) is 13.6 Å². The summed E-state index contributed by atoms with van der Waals surface area (Å²) in [6.07, 6.45) is 3.50. The lowest BCUT2D eigenvalue weighted by molar-refractivity contribution is 0.466. The van der Waals surface area contributed by atoms with E-state index >= 15 is 0 Å². The van der Waals surface area contributed by atoms with E-state index in [1.54, 1.807) is 10.9 Å². The lowest BCUT2D eigenvalue weighted by atomic mass is 10.1. The van der Waals surface area contributed by atoms with Crippen molar-refractivity contribution < 1.29 is 4.74 Å². The molecule has 102 valence electrons. The smallest absolute Gasteiger partial charge is 0.227 e. The zero-order valence-corrected chi connectivity index (χ0v) is 11.5. The zero-order valence-electron chi connectivity index (χ0n) is 11.5. The fraction of sp³-hybridized carbons (Fsp3) is 0.200. The SMILES string of the molecule is CNCc1cc2ccccc2c(Oc2cnn(C)c2)n1. The summed E-state index contributed by atoms with van der Waals surface area (Å²) >= 11 is 0. The average Bonchev–Trinajstić information content (AvgIpc) is 2.85. The summed E-state index contributed by atoms with van der Waals surface area (Å²) in [5.74, 6) is 1.30. The van der Waals surface area contributed by atoms with Crippen molar-refractivity contribution in [1.29, 1.82) is 0 Å². The molecule has 3 aromatic rings. The van der Waals surface area contributed by atoms with Crippen molar-refractivity contribution in [2.24, 2.45) is 7.05 Å². The molecule has 0 fully saturated rings. The van der Waals surface area contributed by atoms with Gasteiger partial charge in [0.25, 0.3) is 0 Å². The molecule has 0 amide bonds. The van der Waals surface area contributed by atoms with E-state index in [-0.39, 0.29) is 0 Å². The van der Waals surface area contributed by atoms with Crippen LogP contribution >= 0.6 is 0 Å². The molecule has 0 radical (unpaired) electrons. The number of benzene rings is 1. The largest absolute Gasteiger partial charge is 0.435 e. The van der Waals surface area contributed by atoms with Gasteiger partial charge in [0, 0.05) is 19.0 Å². The summed E-state index contributed by atoms with van der Waals surface area (Å²) in [5.41, 5.74) is 0.949. The molecule has 0 aliphatic rings. The second kappa shape index (κ2) is 5.30. The number of pyridine rings is 1. The molecule has 0 spiro atoms. The summed E-state index contributed by atoms with van der Waals surface area (Å²) < 4.78 is 7.58. The molecule has 20 heavy (non-hydrogen) atoms. The Labute approximate surface area is 117 Å². The Morgan fingerprint density at radius 2 is 2.15 bits per heavy atom. The standard InChI is InChI=1S/C15H16N4O/c1-16-8-12-7-11-5-3-4-6-14(11)15(18-12)20-13-9-17-19(2)10-13/h3-7,9-10,16H,8H2,1-2H3. The van der Waals surface area contributed by atoms with Crippen molar-refractivity contribution in [3.05, 3.63) is 48.4 Å². The van der Waals surface area contributed by atoms with Gasteiger partial charge in [0.2, 0.25) is 5.88 Å². The topological polar surface area (TPSA) is 52.0 Å². The molecule has 5 nitrogen and oxygen atoms in total. The minimum atomic E-state index is 0.612. The van der Waals surface area contributed by atoms with Gasteiger partial charge in [-0.3, -0.25) is 4.68 Å². The molecule has 1 N–H and O–H groups in total. The van der Waals surface area contributed by atoms with E-state index in [2.05, 4.69) is 27.5 Å². The number of hydrogen-bond acceptors (Lipinski definition) is 4. The molecule has 0 aliphatic carbocycles. The van der Waals surface area contributed by atoms with Crippen LogP contribution in [0.4, 0.5) is 0 Å². The highest BCUT2D eigenvalue weighted by Gasteiger charge is 2.08. The lowest BCUT2D eigenvalue weighted by Crippen LogP contribution is -2.07. The van der Waals surface area contributed by atoms with Gasteiger partial charge < -0.3 is 10.1 Å². The van der Waals surface area contributed by atoms with Crippen LogP contribution in [0.3, 0.4) is 0 Å². The molecule has 0 atom stereocenters. The molecule has 0 bridgehead atoms. The van der Waals surface area contributed by atoms with Crippen molar-refractivity contribution in [2.45, 2.75) is 6.54 Å². The van der Waals surface area contributed by atoms with E-state index in [1.807, 2.05) is 38.5 Å². The zero-order chi connectivity index (χ0) is 13.9. The first-order valence-corrected chi connectivity index (χ1v) is 6.46. The molecular formula is C15H16N4O. The number of aromatic nitrogens is 3. The van der Waals surface area contributed by atoms with E-state index in [4.69, 9.17) is 4.74 Å². The molecule has 0 aliphatic heterocycles. The summed E-state index contributed by atoms with van der Waals surface area (Å²) in [7, 11) is 3.76. The summed E-state index contributed by atoms with van der Waals surface area (Å²) in [5, 5.41) is 9.33. The van der Waals surface area contributed by atoms with Crippen LogP contribution in [0.25, 0.3) is 10.8 Å². The van der Waals surface area contributed by atoms with Gasteiger partial charge in [-0.05, 0) is 24.6 Å². The van der Waals surface area contributed by atoms with Crippen LogP contribution < -0.4 is 10.1 Å². The van der Waals surface area contributed by atoms with Gasteiger partial charge in [-0.25, -0.2) is 4.98 Å². The summed E-state index contributed by atoms with van der Waals surface area (Å²) in [6, 6.07) is 10.1. The molecular weight excluding hydrogens is 252 g/mol. The predicted molar refractivity (Wildman–Crippen MR) is 77.8 cm³/mol. The normalized spacial score (nSPS) is 10.9. The maximum absolute atomic E-state index is 5.88. The van der Waals surface area contributed by atoms with Crippen LogP contribution in [0.5, 0.6) is 11.6 Å². The predicted octanol–water partition coefficient (Wildman–Crippen LogP) is 2.48. The Morgan fingerprint density at radius 1 is 1.30 bits per heavy atom. The third kappa shape index (κ3) is 2.48. The van der Waals surface area contributed by atoms with Crippen molar-refractivity contribution in [1.82, 2.24) is 20.1 Å². The third-order valence-electron chi connectivity index (χ3n) is 3.01. The first kappa shape index (κ1) is 12.6. The van der Waals surface area contributed by atoms with Gasteiger partial charge in [-0.15, -0.1) is 0 Å². The van der Waals surface area contributed by atoms with Crippen molar-refractivity contribution in [3.8, 4) is 11.6 Å².